The molecule has 7 heteroatoms. The van der Waals surface area contributed by atoms with Crippen molar-refractivity contribution in [1.82, 2.24) is 4.90 Å². The summed E-state index contributed by atoms with van der Waals surface area (Å²) in [6.07, 6.45) is 0. The lowest BCUT2D eigenvalue weighted by molar-refractivity contribution is 0.0634. The Bertz CT molecular complexity index is 611. The molecule has 0 aliphatic rings. The molecule has 6 nitrogen and oxygen atoms in total. The monoisotopic (exact) mass is 314 g/mol. The number of hydrogen-bond acceptors (Lipinski definition) is 4. The van der Waals surface area contributed by atoms with Gasteiger partial charge in [-0.1, -0.05) is 0 Å². The summed E-state index contributed by atoms with van der Waals surface area (Å²) in [7, 11) is -2.18. The summed E-state index contributed by atoms with van der Waals surface area (Å²) in [4.78, 5) is 14.3. The molecule has 0 aromatic heterocycles. The first-order valence-electron chi connectivity index (χ1n) is 6.61. The van der Waals surface area contributed by atoms with E-state index in [9.17, 15) is 13.2 Å². The predicted molar refractivity (Wildman–Crippen MR) is 80.6 cm³/mol. The summed E-state index contributed by atoms with van der Waals surface area (Å²) >= 11 is 0. The molecule has 21 heavy (non-hydrogen) atoms. The zero-order valence-electron chi connectivity index (χ0n) is 12.8. The number of carbonyl (C=O) groups excluding carboxylic acids is 1. The minimum absolute atomic E-state index is 0.00420. The van der Waals surface area contributed by atoms with Gasteiger partial charge in [-0.15, -0.1) is 0 Å². The van der Waals surface area contributed by atoms with Crippen LogP contribution < -0.4 is 5.14 Å². The number of carbonyl (C=O) groups is 1. The van der Waals surface area contributed by atoms with Gasteiger partial charge in [0.2, 0.25) is 10.0 Å². The number of sulfonamides is 1. The van der Waals surface area contributed by atoms with Gasteiger partial charge in [-0.05, 0) is 44.5 Å². The second kappa shape index (κ2) is 7.02. The highest BCUT2D eigenvalue weighted by molar-refractivity contribution is 7.89. The smallest absolute Gasteiger partial charge is 0.254 e. The molecule has 0 saturated heterocycles. The van der Waals surface area contributed by atoms with Crippen LogP contribution in [0.5, 0.6) is 0 Å². The van der Waals surface area contributed by atoms with Gasteiger partial charge >= 0.3 is 0 Å². The molecule has 0 unspecified atom stereocenters. The largest absolute Gasteiger partial charge is 0.383 e. The quantitative estimate of drug-likeness (QED) is 0.852. The van der Waals surface area contributed by atoms with E-state index in [0.29, 0.717) is 24.3 Å². The topological polar surface area (TPSA) is 89.7 Å². The van der Waals surface area contributed by atoms with Crippen molar-refractivity contribution in [1.29, 1.82) is 0 Å². The van der Waals surface area contributed by atoms with E-state index in [1.807, 2.05) is 13.8 Å². The number of methoxy groups -OCH3 is 1. The Balaban J connectivity index is 3.11. The lowest BCUT2D eigenvalue weighted by Gasteiger charge is -2.27. The Hall–Kier alpha value is -1.44. The van der Waals surface area contributed by atoms with E-state index in [0.717, 1.165) is 0 Å². The number of aryl methyl sites for hydroxylation is 1. The second-order valence-corrected chi connectivity index (χ2v) is 6.67. The summed E-state index contributed by atoms with van der Waals surface area (Å²) in [6.45, 7) is 6.45. The molecule has 0 saturated carbocycles. The highest BCUT2D eigenvalue weighted by atomic mass is 32.2. The van der Waals surface area contributed by atoms with Crippen LogP contribution in [-0.2, 0) is 14.8 Å². The fourth-order valence-electron chi connectivity index (χ4n) is 1.99. The predicted octanol–water partition coefficient (Wildman–Crippen LogP) is 1.14. The number of hydrogen-bond donors (Lipinski definition) is 1. The third kappa shape index (κ3) is 4.52. The van der Waals surface area contributed by atoms with E-state index < -0.39 is 10.0 Å². The Morgan fingerprint density at radius 2 is 2.00 bits per heavy atom. The molecule has 1 rings (SSSR count). The number of amides is 1. The minimum atomic E-state index is -3.76. The van der Waals surface area contributed by atoms with Crippen molar-refractivity contribution in [3.8, 4) is 0 Å². The van der Waals surface area contributed by atoms with E-state index in [2.05, 4.69) is 0 Å². The number of primary sulfonamides is 1. The molecule has 1 amide bonds. The van der Waals surface area contributed by atoms with Crippen LogP contribution in [0.3, 0.4) is 0 Å². The fraction of sp³-hybridized carbons (Fsp3) is 0.500. The molecule has 0 heterocycles. The van der Waals surface area contributed by atoms with E-state index in [4.69, 9.17) is 9.88 Å². The summed E-state index contributed by atoms with van der Waals surface area (Å²) in [5.74, 6) is -0.152. The maximum atomic E-state index is 12.6. The number of nitrogens with zero attached hydrogens (tertiary/aromatic N) is 1. The van der Waals surface area contributed by atoms with E-state index in [1.165, 1.54) is 18.2 Å². The first kappa shape index (κ1) is 17.6. The van der Waals surface area contributed by atoms with Crippen molar-refractivity contribution in [2.45, 2.75) is 31.7 Å². The Morgan fingerprint density at radius 3 is 2.43 bits per heavy atom. The number of benzene rings is 1. The first-order chi connectivity index (χ1) is 9.68. The molecule has 0 aliphatic carbocycles. The van der Waals surface area contributed by atoms with Crippen LogP contribution >= 0.6 is 0 Å². The van der Waals surface area contributed by atoms with Crippen LogP contribution in [0.4, 0.5) is 0 Å². The summed E-state index contributed by atoms with van der Waals surface area (Å²) in [6, 6.07) is 4.28. The van der Waals surface area contributed by atoms with E-state index in [1.54, 1.807) is 18.9 Å². The van der Waals surface area contributed by atoms with Crippen LogP contribution in [0.2, 0.25) is 0 Å². The second-order valence-electron chi connectivity index (χ2n) is 5.11. The average Bonchev–Trinajstić information content (AvgIpc) is 2.37. The van der Waals surface area contributed by atoms with Gasteiger partial charge in [-0.3, -0.25) is 4.79 Å². The van der Waals surface area contributed by atoms with Gasteiger partial charge < -0.3 is 9.64 Å². The van der Waals surface area contributed by atoms with Crippen molar-refractivity contribution < 1.29 is 17.9 Å². The molecule has 2 N–H and O–H groups in total. The van der Waals surface area contributed by atoms with E-state index in [-0.39, 0.29) is 16.8 Å². The highest BCUT2D eigenvalue weighted by Crippen LogP contribution is 2.17. The molecule has 0 fully saturated rings. The highest BCUT2D eigenvalue weighted by Gasteiger charge is 2.21. The number of nitrogens with two attached hydrogens (primary N) is 1. The summed E-state index contributed by atoms with van der Waals surface area (Å²) in [5, 5.41) is 5.09. The standard InChI is InChI=1S/C14H22N2O4S/c1-10(2)16(7-8-20-4)14(17)13-6-5-12(9-11(13)3)21(15,18)19/h5-6,9-10H,7-8H2,1-4H3,(H2,15,18,19). The summed E-state index contributed by atoms with van der Waals surface area (Å²) in [5.41, 5.74) is 1.04. The molecule has 1 aromatic rings. The van der Waals surface area contributed by atoms with Crippen LogP contribution in [0, 0.1) is 6.92 Å². The zero-order valence-corrected chi connectivity index (χ0v) is 13.6. The van der Waals surface area contributed by atoms with E-state index >= 15 is 0 Å². The van der Waals surface area contributed by atoms with Gasteiger partial charge in [-0.2, -0.15) is 0 Å². The van der Waals surface area contributed by atoms with Crippen molar-refractivity contribution >= 4 is 15.9 Å². The molecule has 118 valence electrons. The van der Waals surface area contributed by atoms with Gasteiger partial charge in [-0.25, -0.2) is 13.6 Å². The minimum Gasteiger partial charge on any atom is -0.383 e. The maximum Gasteiger partial charge on any atom is 0.254 e. The van der Waals surface area contributed by atoms with Gasteiger partial charge in [0.15, 0.2) is 0 Å². The van der Waals surface area contributed by atoms with Crippen LogP contribution in [0.1, 0.15) is 29.8 Å². The van der Waals surface area contributed by atoms with Gasteiger partial charge in [0.1, 0.15) is 0 Å². The Labute approximate surface area is 125 Å². The molecule has 0 bridgehead atoms. The van der Waals surface area contributed by atoms with Gasteiger partial charge in [0.05, 0.1) is 11.5 Å². The third-order valence-corrected chi connectivity index (χ3v) is 4.09. The first-order valence-corrected chi connectivity index (χ1v) is 8.16. The molecule has 0 atom stereocenters. The lowest BCUT2D eigenvalue weighted by Crippen LogP contribution is -2.39. The SMILES string of the molecule is COCCN(C(=O)c1ccc(S(N)(=O)=O)cc1C)C(C)C. The van der Waals surface area contributed by atoms with Gasteiger partial charge in [0, 0.05) is 25.3 Å². The zero-order chi connectivity index (χ0) is 16.2. The van der Waals surface area contributed by atoms with Crippen molar-refractivity contribution in [3.63, 3.8) is 0 Å². The molecular formula is C14H22N2O4S. The molecular weight excluding hydrogens is 292 g/mol. The maximum absolute atomic E-state index is 12.6. The number of ether oxygens (including phenoxy) is 1. The third-order valence-electron chi connectivity index (χ3n) is 3.18. The summed E-state index contributed by atoms with van der Waals surface area (Å²) < 4.78 is 27.6. The Kier molecular flexibility index (Phi) is 5.88. The van der Waals surface area contributed by atoms with Crippen LogP contribution in [-0.4, -0.2) is 45.5 Å². The fourth-order valence-corrected chi connectivity index (χ4v) is 2.59. The number of rotatable bonds is 6. The Morgan fingerprint density at radius 1 is 1.38 bits per heavy atom. The molecule has 1 aromatic carbocycles. The normalized spacial score (nSPS) is 11.7. The lowest BCUT2D eigenvalue weighted by atomic mass is 10.1. The molecule has 0 radical (unpaired) electrons. The average molecular weight is 314 g/mol. The van der Waals surface area contributed by atoms with Crippen molar-refractivity contribution in [2.75, 3.05) is 20.3 Å². The molecule has 0 spiro atoms. The van der Waals surface area contributed by atoms with Crippen molar-refractivity contribution in [2.24, 2.45) is 5.14 Å². The van der Waals surface area contributed by atoms with Crippen LogP contribution in [0.25, 0.3) is 0 Å². The molecule has 0 aliphatic heterocycles. The van der Waals surface area contributed by atoms with Crippen molar-refractivity contribution in [3.05, 3.63) is 29.3 Å². The van der Waals surface area contributed by atoms with Crippen LogP contribution in [0.15, 0.2) is 23.1 Å². The van der Waals surface area contributed by atoms with Gasteiger partial charge in [0.25, 0.3) is 5.91 Å².